The van der Waals surface area contributed by atoms with Gasteiger partial charge in [0.2, 0.25) is 0 Å². The van der Waals surface area contributed by atoms with Crippen molar-refractivity contribution in [3.05, 3.63) is 155 Å². The maximum absolute atomic E-state index is 10.6. The molecule has 0 aliphatic carbocycles. The fourth-order valence-electron chi connectivity index (χ4n) is 3.49. The normalized spacial score (nSPS) is 9.73. The Bertz CT molecular complexity index is 1510. The minimum Gasteiger partial charge on any atom is -0.462 e. The van der Waals surface area contributed by atoms with Crippen LogP contribution in [0.1, 0.15) is 77.6 Å². The number of hydrogen-bond donors (Lipinski definition) is 0. The Hall–Kier alpha value is -0.544. The van der Waals surface area contributed by atoms with Crippen molar-refractivity contribution in [2.45, 2.75) is 55.4 Å². The van der Waals surface area contributed by atoms with Crippen molar-refractivity contribution in [2.75, 3.05) is 13.2 Å². The van der Waals surface area contributed by atoms with Gasteiger partial charge in [0.25, 0.3) is 0 Å². The Labute approximate surface area is 415 Å². The molecule has 0 bridgehead atoms. The molecule has 52 heavy (non-hydrogen) atoms. The first-order chi connectivity index (χ1) is 23.0. The second-order valence-corrected chi connectivity index (χ2v) is 11.7. The van der Waals surface area contributed by atoms with Crippen molar-refractivity contribution in [1.82, 2.24) is 0 Å². The van der Waals surface area contributed by atoms with E-state index in [0.29, 0.717) is 13.2 Å². The molecule has 0 atom stereocenters. The van der Waals surface area contributed by atoms with Gasteiger partial charge in [0.05, 0.1) is 0 Å². The molecule has 0 spiro atoms. The van der Waals surface area contributed by atoms with E-state index >= 15 is 0 Å². The van der Waals surface area contributed by atoms with Crippen molar-refractivity contribution in [3.8, 4) is 11.1 Å². The number of ether oxygens (including phenoxy) is 2. The molecule has 0 saturated heterocycles. The molecular formula is C44H50O4Y4-4. The monoisotopic (exact) mass is 998 g/mol. The molecule has 4 rings (SSSR count). The van der Waals surface area contributed by atoms with Crippen molar-refractivity contribution in [1.29, 1.82) is 0 Å². The second kappa shape index (κ2) is 37.4. The van der Waals surface area contributed by atoms with Crippen LogP contribution in [0.15, 0.2) is 109 Å². The molecule has 4 nitrogen and oxygen atoms in total. The first kappa shape index (κ1) is 58.2. The molecule has 8 heteroatoms. The minimum absolute atomic E-state index is 0. The van der Waals surface area contributed by atoms with Crippen LogP contribution in [0.4, 0.5) is 0 Å². The van der Waals surface area contributed by atoms with Crippen LogP contribution in [0.5, 0.6) is 0 Å². The third-order valence-electron chi connectivity index (χ3n) is 5.50. The van der Waals surface area contributed by atoms with Crippen LogP contribution >= 0.6 is 0 Å². The molecule has 4 aromatic rings. The second-order valence-electron chi connectivity index (χ2n) is 11.7. The first-order valence-electron chi connectivity index (χ1n) is 15.9. The summed E-state index contributed by atoms with van der Waals surface area (Å²) in [6.07, 6.45) is 11.7. The number of esters is 2. The Kier molecular flexibility index (Phi) is 41.8. The van der Waals surface area contributed by atoms with Crippen molar-refractivity contribution in [2.24, 2.45) is 0 Å². The van der Waals surface area contributed by atoms with E-state index in [9.17, 15) is 9.59 Å². The Balaban J connectivity index is -0.000000346. The van der Waals surface area contributed by atoms with E-state index in [1.54, 1.807) is 0 Å². The van der Waals surface area contributed by atoms with Gasteiger partial charge in [-0.1, -0.05) is 72.8 Å². The molecule has 266 valence electrons. The van der Waals surface area contributed by atoms with E-state index in [1.807, 2.05) is 97.1 Å². The quantitative estimate of drug-likeness (QED) is 0.0953. The molecule has 0 aliphatic heterocycles. The molecule has 0 aromatic heterocycles. The van der Waals surface area contributed by atoms with E-state index < -0.39 is 0 Å². The van der Waals surface area contributed by atoms with Crippen molar-refractivity contribution >= 4 is 36.2 Å². The van der Waals surface area contributed by atoms with Crippen LogP contribution in [-0.2, 0) is 150 Å². The molecule has 4 radical (unpaired) electrons. The average molecular weight is 999 g/mol. The topological polar surface area (TPSA) is 52.6 Å². The molecule has 0 amide bonds. The molecule has 0 saturated carbocycles. The van der Waals surface area contributed by atoms with Gasteiger partial charge >= 0.3 is 11.9 Å². The van der Waals surface area contributed by atoms with Gasteiger partial charge < -0.3 is 21.3 Å². The van der Waals surface area contributed by atoms with Gasteiger partial charge in [-0.15, -0.1) is 11.1 Å². The number of rotatable bonds is 9. The van der Waals surface area contributed by atoms with Crippen LogP contribution < -0.4 is 0 Å². The molecule has 0 unspecified atom stereocenters. The third kappa shape index (κ3) is 34.0. The maximum atomic E-state index is 10.6. The zero-order valence-electron chi connectivity index (χ0n) is 32.1. The SMILES string of the molecule is CC(=O)OC/C=C/c1ccc(-c2cc[c-]cc2)cc1.CC(=O)OC/C=C/c1ccc(/C=C/c2cc[c-]cc2)cc1.C[C-](C)C.C[C-](C)C.[Y].[Y].[Y].[Y]. The summed E-state index contributed by atoms with van der Waals surface area (Å²) in [7, 11) is 0. The fourth-order valence-corrected chi connectivity index (χ4v) is 3.49. The standard InChI is InChI=1S/C19H17O2.C17H15O2.2C4H9.4Y/c1-16(20)21-15-5-8-18-10-13-19(14-11-18)12-9-17-6-3-2-4-7-17;1-14(18)19-13-5-6-15-9-11-17(12-10-15)16-7-3-2-4-8-16;2*1-4(2)3;;;;/h3-14H,15H2,1H3;3-12H,13H2,1H3;2*1-3H3;;;;/q4*-1;;;;/b8-5+,12-9+;6-5+;;;;;;. The number of carbonyl (C=O) groups excluding carboxylic acids is 2. The summed E-state index contributed by atoms with van der Waals surface area (Å²) >= 11 is 0. The predicted octanol–water partition coefficient (Wildman–Crippen LogP) is 11.2. The summed E-state index contributed by atoms with van der Waals surface area (Å²) in [4.78, 5) is 21.2. The molecule has 4 aromatic carbocycles. The van der Waals surface area contributed by atoms with Crippen molar-refractivity contribution < 1.29 is 150 Å². The molecular weight excluding hydrogens is 948 g/mol. The Morgan fingerprint density at radius 2 is 0.750 bits per heavy atom. The van der Waals surface area contributed by atoms with Gasteiger partial charge in [-0.2, -0.15) is 102 Å². The Morgan fingerprint density at radius 1 is 0.481 bits per heavy atom. The summed E-state index contributed by atoms with van der Waals surface area (Å²) in [5, 5.41) is 0. The van der Waals surface area contributed by atoms with Crippen LogP contribution in [0.25, 0.3) is 35.4 Å². The van der Waals surface area contributed by atoms with Crippen LogP contribution in [0.3, 0.4) is 0 Å². The van der Waals surface area contributed by atoms with Crippen molar-refractivity contribution in [3.63, 3.8) is 0 Å². The smallest absolute Gasteiger partial charge is 0.302 e. The van der Waals surface area contributed by atoms with Crippen LogP contribution in [0, 0.1) is 24.0 Å². The van der Waals surface area contributed by atoms with Gasteiger partial charge in [0.1, 0.15) is 13.2 Å². The number of hydrogen-bond acceptors (Lipinski definition) is 4. The molecule has 0 aliphatic rings. The van der Waals surface area contributed by atoms with E-state index in [-0.39, 0.29) is 143 Å². The number of benzene rings is 4. The van der Waals surface area contributed by atoms with Gasteiger partial charge in [-0.05, 0) is 34.4 Å². The van der Waals surface area contributed by atoms with Gasteiger partial charge in [-0.25, -0.2) is 0 Å². The summed E-state index contributed by atoms with van der Waals surface area (Å²) in [6.45, 7) is 15.9. The van der Waals surface area contributed by atoms with Gasteiger partial charge in [0.15, 0.2) is 0 Å². The average Bonchev–Trinajstić information content (AvgIpc) is 3.05. The fraction of sp³-hybridized carbons (Fsp3) is 0.227. The summed E-state index contributed by atoms with van der Waals surface area (Å²) in [6, 6.07) is 38.1. The van der Waals surface area contributed by atoms with E-state index in [0.717, 1.165) is 22.3 Å². The maximum Gasteiger partial charge on any atom is 0.302 e. The Morgan fingerprint density at radius 3 is 1.10 bits per heavy atom. The molecule has 0 heterocycles. The summed E-state index contributed by atoms with van der Waals surface area (Å²) in [5.74, 6) is 2.31. The number of carbonyl (C=O) groups is 2. The largest absolute Gasteiger partial charge is 0.462 e. The van der Waals surface area contributed by atoms with Gasteiger partial charge in [-0.3, -0.25) is 9.59 Å². The van der Waals surface area contributed by atoms with Gasteiger partial charge in [0, 0.05) is 145 Å². The molecule has 0 fully saturated rings. The van der Waals surface area contributed by atoms with E-state index in [4.69, 9.17) is 9.47 Å². The minimum atomic E-state index is -0.265. The summed E-state index contributed by atoms with van der Waals surface area (Å²) < 4.78 is 9.66. The zero-order chi connectivity index (χ0) is 35.6. The van der Waals surface area contributed by atoms with E-state index in [2.05, 4.69) is 90.1 Å². The third-order valence-corrected chi connectivity index (χ3v) is 5.50. The van der Waals surface area contributed by atoms with Crippen LogP contribution in [0.2, 0.25) is 0 Å². The predicted molar refractivity (Wildman–Crippen MR) is 203 cm³/mol. The van der Waals surface area contributed by atoms with E-state index in [1.165, 1.54) is 36.8 Å². The molecule has 0 N–H and O–H groups in total. The summed E-state index contributed by atoms with van der Waals surface area (Å²) in [5.41, 5.74) is 6.80. The first-order valence-corrected chi connectivity index (χ1v) is 15.9. The zero-order valence-corrected chi connectivity index (χ0v) is 43.4. The van der Waals surface area contributed by atoms with Crippen LogP contribution in [-0.4, -0.2) is 25.2 Å².